The Labute approximate surface area is 240 Å². The predicted octanol–water partition coefficient (Wildman–Crippen LogP) is 2.89. The smallest absolute Gasteiger partial charge is 0.335 e. The number of urea groups is 1. The highest BCUT2D eigenvalue weighted by Gasteiger charge is 2.41. The number of imide groups is 2. The highest BCUT2D eigenvalue weighted by molar-refractivity contribution is 6.32. The Hall–Kier alpha value is -5.72. The fourth-order valence-electron chi connectivity index (χ4n) is 4.12. The van der Waals surface area contributed by atoms with Gasteiger partial charge in [0.25, 0.3) is 17.7 Å². The van der Waals surface area contributed by atoms with Gasteiger partial charge in [-0.25, -0.2) is 15.1 Å². The Morgan fingerprint density at radius 2 is 1.52 bits per heavy atom. The van der Waals surface area contributed by atoms with Crippen LogP contribution in [0.5, 0.6) is 17.2 Å². The predicted molar refractivity (Wildman–Crippen MR) is 152 cm³/mol. The number of rotatable bonds is 9. The summed E-state index contributed by atoms with van der Waals surface area (Å²) in [5.41, 5.74) is 4.08. The molecule has 1 fully saturated rings. The number of amides is 6. The van der Waals surface area contributed by atoms with Crippen molar-refractivity contribution < 1.29 is 38.2 Å². The molecule has 216 valence electrons. The minimum Gasteiger partial charge on any atom is -0.493 e. The number of carbonyl (C=O) groups is 5. The molecule has 42 heavy (non-hydrogen) atoms. The van der Waals surface area contributed by atoms with Crippen molar-refractivity contribution in [3.8, 4) is 17.2 Å². The second-order valence-electron chi connectivity index (χ2n) is 8.90. The summed E-state index contributed by atoms with van der Waals surface area (Å²) in [5, 5.41) is 8.60. The zero-order chi connectivity index (χ0) is 30.4. The van der Waals surface area contributed by atoms with E-state index in [1.807, 2.05) is 0 Å². The van der Waals surface area contributed by atoms with E-state index in [2.05, 4.69) is 21.2 Å². The van der Waals surface area contributed by atoms with Gasteiger partial charge in [0.2, 0.25) is 11.7 Å². The topological polar surface area (TPSA) is 165 Å². The molecule has 0 unspecified atom stereocenters. The van der Waals surface area contributed by atoms with Crippen molar-refractivity contribution in [3.63, 3.8) is 0 Å². The van der Waals surface area contributed by atoms with Gasteiger partial charge in [-0.15, -0.1) is 0 Å². The highest BCUT2D eigenvalue weighted by atomic mass is 16.5. The Bertz CT molecular complexity index is 1560. The van der Waals surface area contributed by atoms with Gasteiger partial charge >= 0.3 is 6.03 Å². The molecule has 0 spiro atoms. The van der Waals surface area contributed by atoms with Gasteiger partial charge in [0.15, 0.2) is 17.4 Å². The van der Waals surface area contributed by atoms with E-state index in [-0.39, 0.29) is 11.1 Å². The first-order valence-corrected chi connectivity index (χ1v) is 12.5. The molecule has 0 saturated carbocycles. The average Bonchev–Trinajstić information content (AvgIpc) is 2.99. The van der Waals surface area contributed by atoms with Crippen molar-refractivity contribution in [1.29, 1.82) is 0 Å². The molecule has 0 bridgehead atoms. The van der Waals surface area contributed by atoms with E-state index < -0.39 is 35.6 Å². The number of carbonyl (C=O) groups excluding carboxylic acids is 5. The van der Waals surface area contributed by atoms with E-state index in [0.29, 0.717) is 34.2 Å². The molecule has 3 aromatic carbocycles. The number of hydrogen-bond donors (Lipinski definition) is 3. The molecule has 1 aliphatic heterocycles. The summed E-state index contributed by atoms with van der Waals surface area (Å²) in [5.74, 6) is -3.21. The normalized spacial score (nSPS) is 14.8. The van der Waals surface area contributed by atoms with Gasteiger partial charge < -0.3 is 19.5 Å². The summed E-state index contributed by atoms with van der Waals surface area (Å²) >= 11 is 0. The van der Waals surface area contributed by atoms with E-state index in [0.717, 1.165) is 11.1 Å². The van der Waals surface area contributed by atoms with Crippen LogP contribution < -0.4 is 35.2 Å². The first-order valence-electron chi connectivity index (χ1n) is 12.5. The zero-order valence-electron chi connectivity index (χ0n) is 23.1. The van der Waals surface area contributed by atoms with E-state index in [1.165, 1.54) is 57.7 Å². The summed E-state index contributed by atoms with van der Waals surface area (Å²) in [6.45, 7) is 1.72. The van der Waals surface area contributed by atoms with Crippen LogP contribution >= 0.6 is 0 Å². The van der Waals surface area contributed by atoms with Crippen LogP contribution in [0, 0.1) is 12.8 Å². The number of methoxy groups -OCH3 is 3. The molecule has 3 N–H and O–H groups in total. The maximum atomic E-state index is 13.0. The van der Waals surface area contributed by atoms with E-state index >= 15 is 0 Å². The lowest BCUT2D eigenvalue weighted by atomic mass is 10.0. The Balaban J connectivity index is 1.40. The summed E-state index contributed by atoms with van der Waals surface area (Å²) in [6, 6.07) is 14.8. The quantitative estimate of drug-likeness (QED) is 0.200. The van der Waals surface area contributed by atoms with Gasteiger partial charge in [0.05, 0.1) is 27.0 Å². The number of barbiturate groups is 1. The van der Waals surface area contributed by atoms with Crippen molar-refractivity contribution in [2.24, 2.45) is 11.0 Å². The van der Waals surface area contributed by atoms with Gasteiger partial charge in [0, 0.05) is 23.0 Å². The molecule has 1 heterocycles. The van der Waals surface area contributed by atoms with Crippen molar-refractivity contribution in [3.05, 3.63) is 77.4 Å². The van der Waals surface area contributed by atoms with Crippen LogP contribution in [0.1, 0.15) is 26.3 Å². The monoisotopic (exact) mass is 573 g/mol. The molecular weight excluding hydrogens is 546 g/mol. The Morgan fingerprint density at radius 3 is 2.12 bits per heavy atom. The van der Waals surface area contributed by atoms with Crippen LogP contribution in [0.4, 0.5) is 16.2 Å². The number of para-hydroxylation sites is 1. The maximum Gasteiger partial charge on any atom is 0.335 e. The third-order valence-electron chi connectivity index (χ3n) is 6.28. The van der Waals surface area contributed by atoms with Gasteiger partial charge in [-0.3, -0.25) is 24.5 Å². The molecule has 13 heteroatoms. The largest absolute Gasteiger partial charge is 0.493 e. The molecule has 1 atom stereocenters. The minimum atomic E-state index is -1.43. The number of nitrogens with zero attached hydrogens (tertiary/aromatic N) is 2. The highest BCUT2D eigenvalue weighted by Crippen LogP contribution is 2.38. The third kappa shape index (κ3) is 6.04. The van der Waals surface area contributed by atoms with Crippen LogP contribution in [0.15, 0.2) is 65.8 Å². The van der Waals surface area contributed by atoms with Crippen molar-refractivity contribution in [2.45, 2.75) is 6.92 Å². The van der Waals surface area contributed by atoms with Crippen LogP contribution in [0.3, 0.4) is 0 Å². The fraction of sp³-hybridized carbons (Fsp3) is 0.172. The van der Waals surface area contributed by atoms with Gasteiger partial charge in [-0.2, -0.15) is 5.10 Å². The molecule has 1 aliphatic rings. The average molecular weight is 574 g/mol. The van der Waals surface area contributed by atoms with Gasteiger partial charge in [-0.05, 0) is 55.0 Å². The second kappa shape index (κ2) is 12.6. The van der Waals surface area contributed by atoms with Crippen molar-refractivity contribution in [1.82, 2.24) is 10.7 Å². The number of hydrogen-bond acceptors (Lipinski definition) is 9. The number of benzene rings is 3. The molecule has 13 nitrogen and oxygen atoms in total. The Morgan fingerprint density at radius 1 is 0.881 bits per heavy atom. The molecule has 0 aromatic heterocycles. The SMILES string of the molecule is COc1cc(C(=O)Nc2ccc(C(=O)N/N=C\[C@H]3C(=O)NC(=O)N(c4ccccc4C)C3=O)cc2)cc(OC)c1OC. The molecule has 6 amide bonds. The van der Waals surface area contributed by atoms with E-state index in [9.17, 15) is 24.0 Å². The van der Waals surface area contributed by atoms with Crippen LogP contribution in [0.25, 0.3) is 0 Å². The Kier molecular flexibility index (Phi) is 8.81. The summed E-state index contributed by atoms with van der Waals surface area (Å²) in [4.78, 5) is 63.9. The molecule has 1 saturated heterocycles. The van der Waals surface area contributed by atoms with Crippen LogP contribution in [0.2, 0.25) is 0 Å². The minimum absolute atomic E-state index is 0.189. The second-order valence-corrected chi connectivity index (χ2v) is 8.90. The van der Waals surface area contributed by atoms with Crippen molar-refractivity contribution in [2.75, 3.05) is 31.5 Å². The summed E-state index contributed by atoms with van der Waals surface area (Å²) in [6.07, 6.45) is 0.958. The maximum absolute atomic E-state index is 13.0. The molecule has 3 aromatic rings. The van der Waals surface area contributed by atoms with E-state index in [4.69, 9.17) is 14.2 Å². The van der Waals surface area contributed by atoms with Gasteiger partial charge in [-0.1, -0.05) is 18.2 Å². The number of anilines is 2. The standard InChI is InChI=1S/C29H27N5O8/c1-16-7-5-6-8-21(16)34-28(38)20(27(37)32-29(34)39)15-30-33-26(36)17-9-11-19(12-10-17)31-25(35)18-13-22(40-2)24(42-4)23(14-18)41-3/h5-15,20H,1-4H3,(H,31,35)(H,33,36)(H,32,37,39)/b30-15-/t20-/m0/s1. The van der Waals surface area contributed by atoms with E-state index in [1.54, 1.807) is 31.2 Å². The number of ether oxygens (including phenoxy) is 3. The van der Waals surface area contributed by atoms with Crippen LogP contribution in [-0.4, -0.2) is 57.2 Å². The fourth-order valence-corrected chi connectivity index (χ4v) is 4.12. The zero-order valence-corrected chi connectivity index (χ0v) is 23.1. The number of nitrogens with one attached hydrogen (secondary N) is 3. The third-order valence-corrected chi connectivity index (χ3v) is 6.28. The first kappa shape index (κ1) is 29.3. The van der Waals surface area contributed by atoms with Crippen LogP contribution in [-0.2, 0) is 9.59 Å². The molecule has 0 aliphatic carbocycles. The lowest BCUT2D eigenvalue weighted by Crippen LogP contribution is -2.59. The van der Waals surface area contributed by atoms with Crippen molar-refractivity contribution >= 4 is 47.2 Å². The molecule has 4 rings (SSSR count). The molecule has 0 radical (unpaired) electrons. The summed E-state index contributed by atoms with van der Waals surface area (Å²) in [7, 11) is 4.34. The van der Waals surface area contributed by atoms with Gasteiger partial charge in [0.1, 0.15) is 0 Å². The number of hydrazone groups is 1. The number of aryl methyl sites for hydroxylation is 1. The summed E-state index contributed by atoms with van der Waals surface area (Å²) < 4.78 is 15.8. The molecular formula is C29H27N5O8. The first-order chi connectivity index (χ1) is 20.2. The lowest BCUT2D eigenvalue weighted by Gasteiger charge is -2.29. The lowest BCUT2D eigenvalue weighted by molar-refractivity contribution is -0.131.